The number of ether oxygens (including phenoxy) is 1. The topological polar surface area (TPSA) is 35.2 Å². The van der Waals surface area contributed by atoms with E-state index in [1.165, 1.54) is 0 Å². The van der Waals surface area contributed by atoms with Gasteiger partial charge in [-0.3, -0.25) is 0 Å². The Morgan fingerprint density at radius 1 is 0.952 bits per heavy atom. The largest absolute Gasteiger partial charge is 0.456 e. The average molecular weight is 298 g/mol. The number of nitrogens with two attached hydrogens (primary N) is 1. The van der Waals surface area contributed by atoms with Crippen molar-refractivity contribution in [3.05, 3.63) is 70.7 Å². The van der Waals surface area contributed by atoms with E-state index in [1.807, 2.05) is 61.5 Å². The number of halogens is 1. The van der Waals surface area contributed by atoms with E-state index in [2.05, 4.69) is 0 Å². The Morgan fingerprint density at radius 3 is 2.48 bits per heavy atom. The summed E-state index contributed by atoms with van der Waals surface area (Å²) in [6.45, 7) is 2.48. The normalized spacial score (nSPS) is 10.8. The van der Waals surface area contributed by atoms with Crippen molar-refractivity contribution >= 4 is 22.4 Å². The van der Waals surface area contributed by atoms with Gasteiger partial charge in [-0.2, -0.15) is 0 Å². The molecule has 0 heterocycles. The molecule has 21 heavy (non-hydrogen) atoms. The molecule has 0 atom stereocenters. The summed E-state index contributed by atoms with van der Waals surface area (Å²) in [6.07, 6.45) is 0. The quantitative estimate of drug-likeness (QED) is 0.734. The Morgan fingerprint density at radius 2 is 1.71 bits per heavy atom. The molecule has 0 radical (unpaired) electrons. The number of aryl methyl sites for hydroxylation is 1. The third-order valence-electron chi connectivity index (χ3n) is 3.49. The maximum Gasteiger partial charge on any atom is 0.135 e. The zero-order valence-electron chi connectivity index (χ0n) is 11.8. The first-order valence-corrected chi connectivity index (χ1v) is 7.21. The zero-order valence-corrected chi connectivity index (χ0v) is 12.5. The van der Waals surface area contributed by atoms with E-state index in [1.54, 1.807) is 0 Å². The molecule has 3 aromatic rings. The Bertz CT molecular complexity index is 798. The lowest BCUT2D eigenvalue weighted by Crippen LogP contribution is -2.00. The summed E-state index contributed by atoms with van der Waals surface area (Å²) < 4.78 is 6.11. The minimum Gasteiger partial charge on any atom is -0.456 e. The summed E-state index contributed by atoms with van der Waals surface area (Å²) >= 11 is 6.24. The van der Waals surface area contributed by atoms with E-state index in [4.69, 9.17) is 22.1 Å². The molecule has 106 valence electrons. The molecule has 0 saturated heterocycles. The fraction of sp³-hybridized carbons (Fsp3) is 0.111. The number of hydrogen-bond acceptors (Lipinski definition) is 2. The minimum atomic E-state index is 0.446. The third-order valence-corrected chi connectivity index (χ3v) is 3.82. The Hall–Kier alpha value is -2.03. The van der Waals surface area contributed by atoms with Crippen molar-refractivity contribution in [2.75, 3.05) is 0 Å². The van der Waals surface area contributed by atoms with Gasteiger partial charge in [0.05, 0.1) is 0 Å². The molecule has 0 saturated carbocycles. The molecule has 3 rings (SSSR count). The molecule has 0 bridgehead atoms. The van der Waals surface area contributed by atoms with Crippen molar-refractivity contribution in [1.29, 1.82) is 0 Å². The van der Waals surface area contributed by atoms with Crippen LogP contribution < -0.4 is 10.5 Å². The van der Waals surface area contributed by atoms with Crippen LogP contribution >= 0.6 is 11.6 Å². The van der Waals surface area contributed by atoms with Crippen molar-refractivity contribution in [2.45, 2.75) is 13.5 Å². The highest BCUT2D eigenvalue weighted by Gasteiger charge is 2.09. The smallest absolute Gasteiger partial charge is 0.135 e. The van der Waals surface area contributed by atoms with Gasteiger partial charge in [0.1, 0.15) is 11.5 Å². The Labute approximate surface area is 129 Å². The SMILES string of the molecule is Cc1ccc(CN)c(Oc2ccc(Cl)c3ccccc23)c1. The van der Waals surface area contributed by atoms with Gasteiger partial charge in [0.25, 0.3) is 0 Å². The first-order chi connectivity index (χ1) is 10.2. The van der Waals surface area contributed by atoms with Crippen LogP contribution in [0.25, 0.3) is 10.8 Å². The average Bonchev–Trinajstić information content (AvgIpc) is 2.51. The fourth-order valence-electron chi connectivity index (χ4n) is 2.37. The van der Waals surface area contributed by atoms with Crippen LogP contribution in [-0.4, -0.2) is 0 Å². The predicted molar refractivity (Wildman–Crippen MR) is 88.1 cm³/mol. The highest BCUT2D eigenvalue weighted by Crippen LogP contribution is 2.35. The summed E-state index contributed by atoms with van der Waals surface area (Å²) in [5.41, 5.74) is 7.92. The lowest BCUT2D eigenvalue weighted by Gasteiger charge is -2.13. The zero-order chi connectivity index (χ0) is 14.8. The van der Waals surface area contributed by atoms with Crippen LogP contribution in [0.15, 0.2) is 54.6 Å². The molecule has 0 aliphatic heterocycles. The maximum absolute atomic E-state index is 6.24. The second kappa shape index (κ2) is 5.76. The van der Waals surface area contributed by atoms with E-state index in [9.17, 15) is 0 Å². The van der Waals surface area contributed by atoms with E-state index >= 15 is 0 Å². The first-order valence-electron chi connectivity index (χ1n) is 6.84. The van der Waals surface area contributed by atoms with Crippen molar-refractivity contribution in [2.24, 2.45) is 5.73 Å². The second-order valence-corrected chi connectivity index (χ2v) is 5.42. The Balaban J connectivity index is 2.11. The molecule has 2 nitrogen and oxygen atoms in total. The molecule has 3 aromatic carbocycles. The van der Waals surface area contributed by atoms with Crippen molar-refractivity contribution < 1.29 is 4.74 Å². The van der Waals surface area contributed by atoms with Gasteiger partial charge in [-0.25, -0.2) is 0 Å². The van der Waals surface area contributed by atoms with Crippen molar-refractivity contribution in [3.8, 4) is 11.5 Å². The molecule has 0 aliphatic carbocycles. The molecule has 3 heteroatoms. The number of hydrogen-bond donors (Lipinski definition) is 1. The predicted octanol–water partition coefficient (Wildman–Crippen LogP) is 5.05. The standard InChI is InChI=1S/C18H16ClNO/c1-12-6-7-13(11-20)18(10-12)21-17-9-8-16(19)14-4-2-3-5-15(14)17/h2-10H,11,20H2,1H3. The molecule has 0 aromatic heterocycles. The van der Waals surface area contributed by atoms with E-state index in [-0.39, 0.29) is 0 Å². The van der Waals surface area contributed by atoms with Crippen LogP contribution in [0.3, 0.4) is 0 Å². The summed E-state index contributed by atoms with van der Waals surface area (Å²) in [4.78, 5) is 0. The number of fused-ring (bicyclic) bond motifs is 1. The number of rotatable bonds is 3. The van der Waals surface area contributed by atoms with Crippen LogP contribution in [0.4, 0.5) is 0 Å². The van der Waals surface area contributed by atoms with Gasteiger partial charge >= 0.3 is 0 Å². The van der Waals surface area contributed by atoms with E-state index < -0.39 is 0 Å². The van der Waals surface area contributed by atoms with Gasteiger partial charge < -0.3 is 10.5 Å². The molecular formula is C18H16ClNO. The third kappa shape index (κ3) is 2.73. The lowest BCUT2D eigenvalue weighted by molar-refractivity contribution is 0.481. The Kier molecular flexibility index (Phi) is 3.82. The highest BCUT2D eigenvalue weighted by atomic mass is 35.5. The van der Waals surface area contributed by atoms with Gasteiger partial charge in [0.15, 0.2) is 0 Å². The fourth-order valence-corrected chi connectivity index (χ4v) is 2.60. The van der Waals surface area contributed by atoms with E-state index in [0.717, 1.165) is 38.4 Å². The molecule has 0 spiro atoms. The van der Waals surface area contributed by atoms with Gasteiger partial charge in [0, 0.05) is 27.9 Å². The molecule has 0 unspecified atom stereocenters. The summed E-state index contributed by atoms with van der Waals surface area (Å²) in [5, 5.41) is 2.70. The van der Waals surface area contributed by atoms with Crippen LogP contribution in [0.5, 0.6) is 11.5 Å². The van der Waals surface area contributed by atoms with Crippen LogP contribution in [0.1, 0.15) is 11.1 Å². The summed E-state index contributed by atoms with van der Waals surface area (Å²) in [5.74, 6) is 1.58. The maximum atomic E-state index is 6.24. The highest BCUT2D eigenvalue weighted by molar-refractivity contribution is 6.35. The van der Waals surface area contributed by atoms with Crippen molar-refractivity contribution in [3.63, 3.8) is 0 Å². The monoisotopic (exact) mass is 297 g/mol. The minimum absolute atomic E-state index is 0.446. The van der Waals surface area contributed by atoms with E-state index in [0.29, 0.717) is 6.54 Å². The second-order valence-electron chi connectivity index (χ2n) is 5.01. The van der Waals surface area contributed by atoms with Crippen LogP contribution in [-0.2, 0) is 6.54 Å². The summed E-state index contributed by atoms with van der Waals surface area (Å²) in [6, 6.07) is 17.7. The van der Waals surface area contributed by atoms with Gasteiger partial charge in [-0.15, -0.1) is 0 Å². The lowest BCUT2D eigenvalue weighted by atomic mass is 10.1. The first kappa shape index (κ1) is 13.9. The number of benzene rings is 3. The van der Waals surface area contributed by atoms with Crippen LogP contribution in [0.2, 0.25) is 5.02 Å². The van der Waals surface area contributed by atoms with Crippen LogP contribution in [0, 0.1) is 6.92 Å². The molecule has 0 fully saturated rings. The molecular weight excluding hydrogens is 282 g/mol. The van der Waals surface area contributed by atoms with Crippen molar-refractivity contribution in [1.82, 2.24) is 0 Å². The summed E-state index contributed by atoms with van der Waals surface area (Å²) in [7, 11) is 0. The van der Waals surface area contributed by atoms with Gasteiger partial charge in [-0.1, -0.05) is 48.0 Å². The molecule has 0 aliphatic rings. The molecule has 2 N–H and O–H groups in total. The van der Waals surface area contributed by atoms with Gasteiger partial charge in [-0.05, 0) is 30.7 Å². The van der Waals surface area contributed by atoms with Gasteiger partial charge in [0.2, 0.25) is 0 Å². The molecule has 0 amide bonds.